The first-order chi connectivity index (χ1) is 18.5. The minimum Gasteiger partial charge on any atom is -0.406 e. The van der Waals surface area contributed by atoms with Crippen molar-refractivity contribution < 1.29 is 35.9 Å². The van der Waals surface area contributed by atoms with Crippen LogP contribution in [0.25, 0.3) is 10.9 Å². The summed E-state index contributed by atoms with van der Waals surface area (Å²) in [5, 5.41) is 3.78. The Balaban J connectivity index is 1.59. The lowest BCUT2D eigenvalue weighted by Gasteiger charge is -2.20. The number of aldehydes is 1. The predicted molar refractivity (Wildman–Crippen MR) is 145 cm³/mol. The molecule has 2 aromatic carbocycles. The van der Waals surface area contributed by atoms with E-state index in [2.05, 4.69) is 15.0 Å². The number of halogens is 3. The van der Waals surface area contributed by atoms with Gasteiger partial charge in [0.25, 0.3) is 15.9 Å². The number of H-pyrrole nitrogens is 1. The summed E-state index contributed by atoms with van der Waals surface area (Å²) in [6.45, 7) is 0.0111. The summed E-state index contributed by atoms with van der Waals surface area (Å²) in [7, 11) is -2.92. The molecule has 0 radical (unpaired) electrons. The van der Waals surface area contributed by atoms with Crippen molar-refractivity contribution in [1.82, 2.24) is 10.3 Å². The fourth-order valence-electron chi connectivity index (χ4n) is 3.65. The molecule has 0 bridgehead atoms. The van der Waals surface area contributed by atoms with E-state index < -0.39 is 33.3 Å². The van der Waals surface area contributed by atoms with E-state index in [0.717, 1.165) is 39.6 Å². The van der Waals surface area contributed by atoms with E-state index in [4.69, 9.17) is 0 Å². The summed E-state index contributed by atoms with van der Waals surface area (Å²) in [6.07, 6.45) is -4.30. The average molecular weight is 598 g/mol. The van der Waals surface area contributed by atoms with Crippen LogP contribution >= 0.6 is 23.1 Å². The molecule has 0 aliphatic heterocycles. The molecule has 0 aliphatic carbocycles. The number of nitrogens with zero attached hydrogens (tertiary/aromatic N) is 1. The molecule has 0 saturated heterocycles. The van der Waals surface area contributed by atoms with Gasteiger partial charge >= 0.3 is 6.36 Å². The number of hydrogen-bond donors (Lipinski definition) is 2. The maximum Gasteiger partial charge on any atom is 0.573 e. The number of fused-ring (bicyclic) bond motifs is 1. The number of amides is 1. The third kappa shape index (κ3) is 6.94. The Labute approximate surface area is 230 Å². The molecule has 0 saturated carbocycles. The number of ether oxygens (including phenoxy) is 1. The minimum atomic E-state index is -5.02. The molecule has 8 nitrogen and oxygen atoms in total. The molecule has 4 rings (SSSR count). The van der Waals surface area contributed by atoms with Crippen LogP contribution in [-0.2, 0) is 20.6 Å². The van der Waals surface area contributed by atoms with E-state index >= 15 is 0 Å². The van der Waals surface area contributed by atoms with Crippen LogP contribution in [0.4, 0.5) is 18.9 Å². The Bertz CT molecular complexity index is 1560. The summed E-state index contributed by atoms with van der Waals surface area (Å²) < 4.78 is 70.0. The van der Waals surface area contributed by atoms with Gasteiger partial charge in [-0.15, -0.1) is 36.3 Å². The lowest BCUT2D eigenvalue weighted by atomic mass is 10.2. The first kappa shape index (κ1) is 28.5. The zero-order chi connectivity index (χ0) is 28.2. The number of aromatic amines is 1. The summed E-state index contributed by atoms with van der Waals surface area (Å²) in [5.74, 6) is -0.711. The van der Waals surface area contributed by atoms with Gasteiger partial charge in [0.2, 0.25) is 0 Å². The minimum absolute atomic E-state index is 0.0111. The lowest BCUT2D eigenvalue weighted by Crippen LogP contribution is -2.31. The highest BCUT2D eigenvalue weighted by Gasteiger charge is 2.33. The average Bonchev–Trinajstić information content (AvgIpc) is 3.58. The van der Waals surface area contributed by atoms with Gasteiger partial charge in [-0.25, -0.2) is 8.42 Å². The molecule has 14 heteroatoms. The number of hydrogen-bond acceptors (Lipinski definition) is 7. The fourth-order valence-corrected chi connectivity index (χ4v) is 6.89. The molecule has 4 aromatic rings. The van der Waals surface area contributed by atoms with Crippen molar-refractivity contribution in [1.29, 1.82) is 0 Å². The first-order valence-electron chi connectivity index (χ1n) is 11.3. The van der Waals surface area contributed by atoms with Crippen molar-refractivity contribution in [2.75, 3.05) is 17.9 Å². The maximum atomic E-state index is 13.1. The molecule has 2 heterocycles. The van der Waals surface area contributed by atoms with Gasteiger partial charge in [0, 0.05) is 30.8 Å². The smallest absolute Gasteiger partial charge is 0.406 e. The molecule has 39 heavy (non-hydrogen) atoms. The predicted octanol–water partition coefficient (Wildman–Crippen LogP) is 5.18. The second kappa shape index (κ2) is 11.7. The van der Waals surface area contributed by atoms with Crippen molar-refractivity contribution in [3.05, 3.63) is 77.3 Å². The molecule has 0 fully saturated rings. The van der Waals surface area contributed by atoms with Crippen LogP contribution in [0.3, 0.4) is 0 Å². The summed E-state index contributed by atoms with van der Waals surface area (Å²) in [5.41, 5.74) is 0.948. The summed E-state index contributed by atoms with van der Waals surface area (Å²) in [4.78, 5) is 27.2. The van der Waals surface area contributed by atoms with Crippen molar-refractivity contribution in [3.63, 3.8) is 0 Å². The van der Waals surface area contributed by atoms with Gasteiger partial charge in [0.15, 0.2) is 0 Å². The number of thiophene rings is 1. The Morgan fingerprint density at radius 2 is 1.92 bits per heavy atom. The normalized spacial score (nSPS) is 12.7. The van der Waals surface area contributed by atoms with Crippen LogP contribution in [0.15, 0.2) is 70.3 Å². The van der Waals surface area contributed by atoms with E-state index in [-0.39, 0.29) is 33.0 Å². The quantitative estimate of drug-likeness (QED) is 0.231. The van der Waals surface area contributed by atoms with Crippen molar-refractivity contribution in [2.45, 2.75) is 21.6 Å². The van der Waals surface area contributed by atoms with Gasteiger partial charge in [0.1, 0.15) is 21.9 Å². The zero-order valence-electron chi connectivity index (χ0n) is 20.3. The van der Waals surface area contributed by atoms with Crippen LogP contribution in [0.1, 0.15) is 16.1 Å². The molecule has 1 unspecified atom stereocenters. The van der Waals surface area contributed by atoms with Gasteiger partial charge < -0.3 is 19.8 Å². The number of rotatable bonds is 11. The van der Waals surface area contributed by atoms with Crippen molar-refractivity contribution in [2.24, 2.45) is 0 Å². The summed E-state index contributed by atoms with van der Waals surface area (Å²) in [6, 6.07) is 15.7. The number of carbonyl (C=O) groups is 2. The lowest BCUT2D eigenvalue weighted by molar-refractivity contribution is -0.274. The monoisotopic (exact) mass is 597 g/mol. The number of aromatic nitrogens is 1. The topological polar surface area (TPSA) is 109 Å². The van der Waals surface area contributed by atoms with Gasteiger partial charge in [-0.05, 0) is 29.1 Å². The Morgan fingerprint density at radius 3 is 2.56 bits per heavy atom. The van der Waals surface area contributed by atoms with E-state index in [1.807, 2.05) is 30.3 Å². The molecule has 0 spiro atoms. The number of carbonyl (C=O) groups excluding carboxylic acids is 2. The van der Waals surface area contributed by atoms with E-state index in [9.17, 15) is 31.2 Å². The van der Waals surface area contributed by atoms with Gasteiger partial charge in [-0.2, -0.15) is 0 Å². The number of benzene rings is 2. The first-order valence-corrected chi connectivity index (χ1v) is 14.7. The molecule has 1 atom stereocenters. The third-order valence-electron chi connectivity index (χ3n) is 5.53. The zero-order valence-corrected chi connectivity index (χ0v) is 22.7. The van der Waals surface area contributed by atoms with Crippen LogP contribution < -0.4 is 14.4 Å². The molecular weight excluding hydrogens is 575 g/mol. The number of thioether (sulfide) groups is 1. The Morgan fingerprint density at radius 1 is 1.18 bits per heavy atom. The van der Waals surface area contributed by atoms with Crippen molar-refractivity contribution >= 4 is 61.9 Å². The highest BCUT2D eigenvalue weighted by Crippen LogP contribution is 2.37. The highest BCUT2D eigenvalue weighted by molar-refractivity contribution is 7.99. The largest absolute Gasteiger partial charge is 0.573 e. The Kier molecular flexibility index (Phi) is 8.57. The van der Waals surface area contributed by atoms with E-state index in [1.54, 1.807) is 5.38 Å². The molecule has 1 amide bonds. The Hall–Kier alpha value is -3.49. The standard InChI is InChI=1S/C25H22F3N3O5S3/c1-31(39(34,35)22-8-5-9-37-22)21-12-18(36-25(26,27)28)10-17-11-20(30-23(17)21)24(33)29-13-19(14-32)38-15-16-6-3-2-4-7-16/h2-12,14,19,30H,13,15H2,1H3,(H,29,33). The van der Waals surface area contributed by atoms with Gasteiger partial charge in [-0.3, -0.25) is 9.10 Å². The SMILES string of the molecule is CN(c1cc(OC(F)(F)F)cc2cc(C(=O)NCC(C=O)SCc3ccccc3)[nH]c12)S(=O)(=O)c1cccs1. The molecule has 2 N–H and O–H groups in total. The second-order valence-electron chi connectivity index (χ2n) is 8.22. The number of nitrogens with one attached hydrogen (secondary N) is 2. The van der Waals surface area contributed by atoms with Crippen LogP contribution in [0, 0.1) is 0 Å². The third-order valence-corrected chi connectivity index (χ3v) is 9.88. The number of alkyl halides is 3. The number of anilines is 1. The molecule has 0 aliphatic rings. The second-order valence-corrected chi connectivity index (χ2v) is 12.6. The van der Waals surface area contributed by atoms with E-state index in [1.165, 1.54) is 37.0 Å². The van der Waals surface area contributed by atoms with Crippen LogP contribution in [-0.4, -0.2) is 50.8 Å². The molecular formula is C25H22F3N3O5S3. The summed E-state index contributed by atoms with van der Waals surface area (Å²) >= 11 is 2.29. The van der Waals surface area contributed by atoms with Gasteiger partial charge in [-0.1, -0.05) is 36.4 Å². The highest BCUT2D eigenvalue weighted by atomic mass is 32.2. The van der Waals surface area contributed by atoms with Gasteiger partial charge in [0.05, 0.1) is 16.5 Å². The van der Waals surface area contributed by atoms with Crippen LogP contribution in [0.2, 0.25) is 0 Å². The maximum absolute atomic E-state index is 13.1. The number of sulfonamides is 1. The molecule has 206 valence electrons. The van der Waals surface area contributed by atoms with Crippen molar-refractivity contribution in [3.8, 4) is 5.75 Å². The molecule has 2 aromatic heterocycles. The van der Waals surface area contributed by atoms with E-state index in [0.29, 0.717) is 5.75 Å². The fraction of sp³-hybridized carbons (Fsp3) is 0.200. The van der Waals surface area contributed by atoms with Crippen LogP contribution in [0.5, 0.6) is 5.75 Å².